The topological polar surface area (TPSA) is 60.5 Å². The number of rotatable bonds is 4. The molecule has 0 aliphatic heterocycles. The molecule has 0 aliphatic rings. The van der Waals surface area contributed by atoms with Crippen LogP contribution < -0.4 is 9.88 Å². The molecule has 1 N–H and O–H groups in total. The Bertz CT molecular complexity index is 587. The van der Waals surface area contributed by atoms with E-state index in [1.54, 1.807) is 36.3 Å². The molecule has 0 radical (unpaired) electrons. The van der Waals surface area contributed by atoms with Crippen molar-refractivity contribution in [3.05, 3.63) is 64.1 Å². The van der Waals surface area contributed by atoms with Crippen LogP contribution in [0.1, 0.15) is 5.56 Å². The number of benzene rings is 1. The van der Waals surface area contributed by atoms with Gasteiger partial charge in [-0.15, -0.1) is 0 Å². The second-order valence-electron chi connectivity index (χ2n) is 4.14. The number of nitrogens with zero attached hydrogens (tertiary/aromatic N) is 2. The number of hydrogen-bond acceptors (Lipinski definition) is 3. The molecular weight excluding hydrogens is 249 g/mol. The second-order valence-corrected chi connectivity index (χ2v) is 4.14. The van der Waals surface area contributed by atoms with Crippen molar-refractivity contribution in [2.75, 3.05) is 11.9 Å². The predicted octanol–water partition coefficient (Wildman–Crippen LogP) is 2.18. The number of H-pyrrole nitrogens is 1. The van der Waals surface area contributed by atoms with Crippen molar-refractivity contribution in [3.63, 3.8) is 0 Å². The SMILES string of the molecule is CN(Cc1ccc(F)cc1)c1[nH+]cccc1[N+](=O)[O-]. The molecule has 2 aromatic rings. The van der Waals surface area contributed by atoms with Crippen LogP contribution in [0.4, 0.5) is 15.9 Å². The number of aromatic nitrogens is 1. The summed E-state index contributed by atoms with van der Waals surface area (Å²) in [5, 5.41) is 10.9. The molecule has 19 heavy (non-hydrogen) atoms. The molecular formula is C13H13FN3O2+. The largest absolute Gasteiger partial charge is 0.357 e. The zero-order valence-corrected chi connectivity index (χ0v) is 10.3. The van der Waals surface area contributed by atoms with Crippen molar-refractivity contribution in [2.45, 2.75) is 6.54 Å². The van der Waals surface area contributed by atoms with Crippen molar-refractivity contribution in [3.8, 4) is 0 Å². The second kappa shape index (κ2) is 5.43. The Hall–Kier alpha value is -2.50. The van der Waals surface area contributed by atoms with Crippen LogP contribution in [0.15, 0.2) is 42.6 Å². The molecule has 0 bridgehead atoms. The lowest BCUT2D eigenvalue weighted by atomic mass is 10.2. The van der Waals surface area contributed by atoms with Crippen LogP contribution in [0.2, 0.25) is 0 Å². The summed E-state index contributed by atoms with van der Waals surface area (Å²) in [6, 6.07) is 9.06. The van der Waals surface area contributed by atoms with E-state index in [-0.39, 0.29) is 11.5 Å². The van der Waals surface area contributed by atoms with Crippen molar-refractivity contribution < 1.29 is 14.3 Å². The maximum Gasteiger partial charge on any atom is 0.357 e. The van der Waals surface area contributed by atoms with Crippen LogP contribution in [0, 0.1) is 15.9 Å². The van der Waals surface area contributed by atoms with Crippen molar-refractivity contribution in [1.82, 2.24) is 0 Å². The Morgan fingerprint density at radius 3 is 2.63 bits per heavy atom. The number of nitrogens with one attached hydrogen (secondary N) is 1. The number of pyridine rings is 1. The highest BCUT2D eigenvalue weighted by Gasteiger charge is 2.24. The minimum Gasteiger partial charge on any atom is -0.258 e. The Labute approximate surface area is 109 Å². The first-order valence-electron chi connectivity index (χ1n) is 5.68. The first-order chi connectivity index (χ1) is 9.08. The van der Waals surface area contributed by atoms with Crippen LogP contribution >= 0.6 is 0 Å². The predicted molar refractivity (Wildman–Crippen MR) is 68.2 cm³/mol. The van der Waals surface area contributed by atoms with E-state index in [9.17, 15) is 14.5 Å². The maximum atomic E-state index is 12.8. The zero-order valence-electron chi connectivity index (χ0n) is 10.3. The van der Waals surface area contributed by atoms with Gasteiger partial charge in [0.15, 0.2) is 0 Å². The molecule has 0 fully saturated rings. The van der Waals surface area contributed by atoms with Gasteiger partial charge in [0, 0.05) is 6.07 Å². The molecule has 2 rings (SSSR count). The molecule has 98 valence electrons. The summed E-state index contributed by atoms with van der Waals surface area (Å²) in [5.74, 6) is 0.112. The van der Waals surface area contributed by atoms with Gasteiger partial charge in [0.2, 0.25) is 0 Å². The average molecular weight is 262 g/mol. The van der Waals surface area contributed by atoms with E-state index in [1.165, 1.54) is 18.2 Å². The van der Waals surface area contributed by atoms with Crippen LogP contribution in [0.25, 0.3) is 0 Å². The van der Waals surface area contributed by atoms with Crippen molar-refractivity contribution >= 4 is 11.5 Å². The molecule has 0 saturated carbocycles. The highest BCUT2D eigenvalue weighted by Crippen LogP contribution is 2.22. The van der Waals surface area contributed by atoms with E-state index in [4.69, 9.17) is 0 Å². The fourth-order valence-corrected chi connectivity index (χ4v) is 1.81. The first-order valence-corrected chi connectivity index (χ1v) is 5.68. The molecule has 0 aliphatic carbocycles. The molecule has 0 amide bonds. The summed E-state index contributed by atoms with van der Waals surface area (Å²) in [6.45, 7) is 0.446. The summed E-state index contributed by atoms with van der Waals surface area (Å²) >= 11 is 0. The lowest BCUT2D eigenvalue weighted by Gasteiger charge is -2.10. The van der Waals surface area contributed by atoms with Gasteiger partial charge in [-0.1, -0.05) is 12.1 Å². The lowest BCUT2D eigenvalue weighted by Crippen LogP contribution is -2.25. The number of hydrogen-bond donors (Lipinski definition) is 0. The standard InChI is InChI=1S/C13H12FN3O2/c1-16(9-10-4-6-11(14)7-5-10)13-12(17(18)19)3-2-8-15-13/h2-8H,9H2,1H3/p+1. The maximum absolute atomic E-state index is 12.8. The number of nitro groups is 1. The number of anilines is 1. The Morgan fingerprint density at radius 1 is 1.32 bits per heavy atom. The van der Waals surface area contributed by atoms with E-state index in [0.717, 1.165) is 5.56 Å². The van der Waals surface area contributed by atoms with Gasteiger partial charge in [-0.2, -0.15) is 0 Å². The molecule has 0 unspecified atom stereocenters. The van der Waals surface area contributed by atoms with E-state index < -0.39 is 4.92 Å². The van der Waals surface area contributed by atoms with Crippen LogP contribution in [-0.2, 0) is 6.54 Å². The van der Waals surface area contributed by atoms with E-state index >= 15 is 0 Å². The third-order valence-corrected chi connectivity index (χ3v) is 2.72. The minimum absolute atomic E-state index is 0.00658. The quantitative estimate of drug-likeness (QED) is 0.626. The average Bonchev–Trinajstić information content (AvgIpc) is 2.41. The van der Waals surface area contributed by atoms with Gasteiger partial charge in [-0.05, 0) is 23.8 Å². The van der Waals surface area contributed by atoms with Gasteiger partial charge in [0.25, 0.3) is 0 Å². The van der Waals surface area contributed by atoms with E-state index in [2.05, 4.69) is 4.98 Å². The van der Waals surface area contributed by atoms with Gasteiger partial charge < -0.3 is 0 Å². The third-order valence-electron chi connectivity index (χ3n) is 2.72. The Kier molecular flexibility index (Phi) is 3.70. The lowest BCUT2D eigenvalue weighted by molar-refractivity contribution is -0.411. The molecule has 1 aromatic heterocycles. The third kappa shape index (κ3) is 3.04. The first kappa shape index (κ1) is 12.9. The molecule has 5 nitrogen and oxygen atoms in total. The summed E-state index contributed by atoms with van der Waals surface area (Å²) in [5.41, 5.74) is 0.877. The fourth-order valence-electron chi connectivity index (χ4n) is 1.81. The Balaban J connectivity index is 2.22. The van der Waals surface area contributed by atoms with Crippen LogP contribution in [0.5, 0.6) is 0 Å². The van der Waals surface area contributed by atoms with Crippen molar-refractivity contribution in [2.24, 2.45) is 0 Å². The molecule has 0 spiro atoms. The van der Waals surface area contributed by atoms with Crippen LogP contribution in [-0.4, -0.2) is 12.0 Å². The van der Waals surface area contributed by atoms with E-state index in [1.807, 2.05) is 0 Å². The monoisotopic (exact) mass is 262 g/mol. The molecule has 1 heterocycles. The zero-order chi connectivity index (χ0) is 13.8. The summed E-state index contributed by atoms with van der Waals surface area (Å²) in [6.07, 6.45) is 1.63. The number of aromatic amines is 1. The van der Waals surface area contributed by atoms with Gasteiger partial charge in [0.1, 0.15) is 12.4 Å². The fraction of sp³-hybridized carbons (Fsp3) is 0.154. The Morgan fingerprint density at radius 2 is 2.00 bits per heavy atom. The molecule has 6 heteroatoms. The molecule has 0 saturated heterocycles. The summed E-state index contributed by atoms with van der Waals surface area (Å²) in [4.78, 5) is 15.1. The summed E-state index contributed by atoms with van der Waals surface area (Å²) in [7, 11) is 1.74. The van der Waals surface area contributed by atoms with Crippen molar-refractivity contribution in [1.29, 1.82) is 0 Å². The van der Waals surface area contributed by atoms with Gasteiger partial charge in [0.05, 0.1) is 18.2 Å². The molecule has 1 aromatic carbocycles. The minimum atomic E-state index is -0.438. The summed E-state index contributed by atoms with van der Waals surface area (Å²) < 4.78 is 12.8. The van der Waals surface area contributed by atoms with Gasteiger partial charge in [-0.25, -0.2) is 9.37 Å². The highest BCUT2D eigenvalue weighted by atomic mass is 19.1. The number of halogens is 1. The van der Waals surface area contributed by atoms with Gasteiger partial charge >= 0.3 is 11.5 Å². The molecule has 0 atom stereocenters. The highest BCUT2D eigenvalue weighted by molar-refractivity contribution is 5.52. The smallest absolute Gasteiger partial charge is 0.258 e. The van der Waals surface area contributed by atoms with Gasteiger partial charge in [-0.3, -0.25) is 15.0 Å². The van der Waals surface area contributed by atoms with Crippen LogP contribution in [0.3, 0.4) is 0 Å². The normalized spacial score (nSPS) is 10.2. The van der Waals surface area contributed by atoms with E-state index in [0.29, 0.717) is 12.4 Å².